The fourth-order valence-corrected chi connectivity index (χ4v) is 3.33. The molecule has 0 saturated heterocycles. The highest BCUT2D eigenvalue weighted by Gasteiger charge is 2.11. The number of benzene rings is 3. The van der Waals surface area contributed by atoms with Gasteiger partial charge in [0, 0.05) is 0 Å². The Balaban J connectivity index is 1.91. The van der Waals surface area contributed by atoms with Gasteiger partial charge in [0.15, 0.2) is 11.5 Å². The summed E-state index contributed by atoms with van der Waals surface area (Å²) in [6, 6.07) is 17.0. The number of hydrogen-bond acceptors (Lipinski definition) is 3. The van der Waals surface area contributed by atoms with E-state index in [4.69, 9.17) is 4.74 Å². The Kier molecular flexibility index (Phi) is 5.74. The highest BCUT2D eigenvalue weighted by molar-refractivity contribution is 5.77. The van der Waals surface area contributed by atoms with Gasteiger partial charge in [0.1, 0.15) is 12.4 Å². The number of hydrogen-bond donors (Lipinski definition) is 2. The maximum absolute atomic E-state index is 10.3. The van der Waals surface area contributed by atoms with E-state index in [1.165, 1.54) is 5.57 Å². The van der Waals surface area contributed by atoms with Crippen LogP contribution in [0.3, 0.4) is 0 Å². The smallest absolute Gasteiger partial charge is 0.161 e. The molecule has 3 aromatic carbocycles. The van der Waals surface area contributed by atoms with Crippen molar-refractivity contribution in [3.63, 3.8) is 0 Å². The first-order valence-corrected chi connectivity index (χ1v) is 9.35. The summed E-state index contributed by atoms with van der Waals surface area (Å²) in [5.74, 6) is 0.881. The van der Waals surface area contributed by atoms with Crippen LogP contribution in [-0.2, 0) is 0 Å². The number of phenolic OH excluding ortho intramolecular Hbond substituents is 2. The highest BCUT2D eigenvalue weighted by atomic mass is 16.5. The van der Waals surface area contributed by atoms with E-state index in [9.17, 15) is 10.2 Å². The van der Waals surface area contributed by atoms with Crippen molar-refractivity contribution in [2.45, 2.75) is 27.7 Å². The molecule has 3 aromatic rings. The lowest BCUT2D eigenvalue weighted by Gasteiger charge is -2.14. The maximum atomic E-state index is 10.3. The van der Waals surface area contributed by atoms with E-state index in [0.717, 1.165) is 33.4 Å². The predicted molar refractivity (Wildman–Crippen MR) is 115 cm³/mol. The van der Waals surface area contributed by atoms with Gasteiger partial charge in [0.25, 0.3) is 0 Å². The Morgan fingerprint density at radius 1 is 0.821 bits per heavy atom. The van der Waals surface area contributed by atoms with Gasteiger partial charge in [-0.1, -0.05) is 35.9 Å². The minimum absolute atomic E-state index is 0.137. The third kappa shape index (κ3) is 4.37. The third-order valence-corrected chi connectivity index (χ3v) is 4.71. The van der Waals surface area contributed by atoms with Crippen LogP contribution in [0.2, 0.25) is 0 Å². The summed E-state index contributed by atoms with van der Waals surface area (Å²) in [5, 5.41) is 19.9. The summed E-state index contributed by atoms with van der Waals surface area (Å²) in [7, 11) is 0. The molecule has 3 heteroatoms. The first-order valence-electron chi connectivity index (χ1n) is 9.35. The molecule has 0 aliphatic heterocycles. The second kappa shape index (κ2) is 8.22. The topological polar surface area (TPSA) is 49.7 Å². The van der Waals surface area contributed by atoms with Gasteiger partial charge in [-0.25, -0.2) is 0 Å². The van der Waals surface area contributed by atoms with Crippen LogP contribution in [0, 0.1) is 13.8 Å². The molecule has 2 N–H and O–H groups in total. The Morgan fingerprint density at radius 2 is 1.43 bits per heavy atom. The van der Waals surface area contributed by atoms with E-state index in [0.29, 0.717) is 12.4 Å². The summed E-state index contributed by atoms with van der Waals surface area (Å²) in [6.07, 6.45) is 1.97. The summed E-state index contributed by atoms with van der Waals surface area (Å²) < 4.78 is 5.63. The van der Waals surface area contributed by atoms with Crippen LogP contribution in [0.5, 0.6) is 17.2 Å². The van der Waals surface area contributed by atoms with Crippen LogP contribution in [0.4, 0.5) is 0 Å². The van der Waals surface area contributed by atoms with Crippen molar-refractivity contribution in [3.05, 3.63) is 77.4 Å². The molecule has 0 heterocycles. The van der Waals surface area contributed by atoms with Crippen molar-refractivity contribution in [1.29, 1.82) is 0 Å². The van der Waals surface area contributed by atoms with Gasteiger partial charge in [-0.2, -0.15) is 0 Å². The van der Waals surface area contributed by atoms with Crippen molar-refractivity contribution in [2.75, 3.05) is 6.61 Å². The summed E-state index contributed by atoms with van der Waals surface area (Å²) in [4.78, 5) is 0. The first kappa shape index (κ1) is 19.6. The molecule has 0 bridgehead atoms. The molecule has 0 amide bonds. The van der Waals surface area contributed by atoms with Crippen molar-refractivity contribution in [3.8, 4) is 39.5 Å². The lowest BCUT2D eigenvalue weighted by molar-refractivity contribution is 0.335. The average Bonchev–Trinajstić information content (AvgIpc) is 2.63. The largest absolute Gasteiger partial charge is 0.508 e. The number of allylic oxidation sites excluding steroid dienone is 1. The van der Waals surface area contributed by atoms with Crippen LogP contribution < -0.4 is 4.74 Å². The summed E-state index contributed by atoms with van der Waals surface area (Å²) in [6.45, 7) is 8.62. The van der Waals surface area contributed by atoms with Gasteiger partial charge in [0.05, 0.1) is 0 Å². The van der Waals surface area contributed by atoms with Crippen LogP contribution in [0.25, 0.3) is 22.3 Å². The summed E-state index contributed by atoms with van der Waals surface area (Å²) >= 11 is 0. The van der Waals surface area contributed by atoms with Crippen LogP contribution >= 0.6 is 0 Å². The van der Waals surface area contributed by atoms with Crippen LogP contribution in [-0.4, -0.2) is 16.8 Å². The number of phenols is 2. The minimum atomic E-state index is 0.137. The molecule has 0 saturated carbocycles. The molecule has 144 valence electrons. The van der Waals surface area contributed by atoms with E-state index < -0.39 is 0 Å². The van der Waals surface area contributed by atoms with Gasteiger partial charge in [-0.05, 0) is 91.4 Å². The second-order valence-corrected chi connectivity index (χ2v) is 7.31. The molecule has 0 atom stereocenters. The number of aromatic hydroxyl groups is 2. The van der Waals surface area contributed by atoms with Crippen molar-refractivity contribution < 1.29 is 14.9 Å². The summed E-state index contributed by atoms with van der Waals surface area (Å²) in [5.41, 5.74) is 7.68. The molecule has 0 aliphatic rings. The van der Waals surface area contributed by atoms with Crippen molar-refractivity contribution >= 4 is 0 Å². The standard InChI is InChI=1S/C25H26O3/c1-16(2)11-12-28-24-10-7-20(15-23(24)27)21-13-17(3)25(18(4)14-21)19-5-8-22(26)9-6-19/h5-11,13-15,26-27H,12H2,1-4H3. The Morgan fingerprint density at radius 3 is 2.00 bits per heavy atom. The van der Waals surface area contributed by atoms with Crippen molar-refractivity contribution in [1.82, 2.24) is 0 Å². The van der Waals surface area contributed by atoms with E-state index in [2.05, 4.69) is 26.0 Å². The molecule has 0 radical (unpaired) electrons. The van der Waals surface area contributed by atoms with Crippen molar-refractivity contribution in [2.24, 2.45) is 0 Å². The molecule has 0 fully saturated rings. The first-order chi connectivity index (χ1) is 13.3. The average molecular weight is 374 g/mol. The maximum Gasteiger partial charge on any atom is 0.161 e. The van der Waals surface area contributed by atoms with Gasteiger partial charge in [-0.15, -0.1) is 0 Å². The van der Waals surface area contributed by atoms with E-state index in [1.54, 1.807) is 18.2 Å². The molecule has 0 aliphatic carbocycles. The number of ether oxygens (including phenoxy) is 1. The Labute approximate surface area is 166 Å². The zero-order valence-corrected chi connectivity index (χ0v) is 16.8. The van der Waals surface area contributed by atoms with E-state index >= 15 is 0 Å². The molecule has 0 aromatic heterocycles. The molecule has 0 spiro atoms. The molecular weight excluding hydrogens is 348 g/mol. The Hall–Kier alpha value is -3.20. The predicted octanol–water partition coefficient (Wildman–Crippen LogP) is 6.39. The van der Waals surface area contributed by atoms with Gasteiger partial charge in [-0.3, -0.25) is 0 Å². The minimum Gasteiger partial charge on any atom is -0.508 e. The lowest BCUT2D eigenvalue weighted by Crippen LogP contribution is -1.95. The van der Waals surface area contributed by atoms with Crippen LogP contribution in [0.15, 0.2) is 66.2 Å². The second-order valence-electron chi connectivity index (χ2n) is 7.31. The van der Waals surface area contributed by atoms with E-state index in [1.807, 2.05) is 44.2 Å². The zero-order valence-electron chi connectivity index (χ0n) is 16.8. The highest BCUT2D eigenvalue weighted by Crippen LogP contribution is 2.36. The Bertz CT molecular complexity index is 987. The molecule has 28 heavy (non-hydrogen) atoms. The quantitative estimate of drug-likeness (QED) is 0.509. The van der Waals surface area contributed by atoms with Gasteiger partial charge in [0.2, 0.25) is 0 Å². The monoisotopic (exact) mass is 374 g/mol. The SMILES string of the molecule is CC(C)=CCOc1ccc(-c2cc(C)c(-c3ccc(O)cc3)c(C)c2)cc1O. The number of rotatable bonds is 5. The van der Waals surface area contributed by atoms with Gasteiger partial charge < -0.3 is 14.9 Å². The molecule has 3 nitrogen and oxygen atoms in total. The number of aryl methyl sites for hydroxylation is 2. The van der Waals surface area contributed by atoms with Crippen LogP contribution in [0.1, 0.15) is 25.0 Å². The van der Waals surface area contributed by atoms with Gasteiger partial charge >= 0.3 is 0 Å². The third-order valence-electron chi connectivity index (χ3n) is 4.71. The molecule has 3 rings (SSSR count). The normalized spacial score (nSPS) is 10.6. The molecular formula is C25H26O3. The fraction of sp³-hybridized carbons (Fsp3) is 0.200. The zero-order chi connectivity index (χ0) is 20.3. The lowest BCUT2D eigenvalue weighted by atomic mass is 9.91. The van der Waals surface area contributed by atoms with E-state index in [-0.39, 0.29) is 11.5 Å². The molecule has 0 unspecified atom stereocenters. The fourth-order valence-electron chi connectivity index (χ4n) is 3.33.